The second-order valence-corrected chi connectivity index (χ2v) is 2.90. The van der Waals surface area contributed by atoms with Gasteiger partial charge in [0.1, 0.15) is 11.6 Å². The number of methoxy groups -OCH3 is 1. The first kappa shape index (κ1) is 11.5. The molecule has 0 atom stereocenters. The number of esters is 1. The van der Waals surface area contributed by atoms with Crippen LogP contribution in [0.25, 0.3) is 6.08 Å². The summed E-state index contributed by atoms with van der Waals surface area (Å²) in [6.45, 7) is 0. The highest BCUT2D eigenvalue weighted by Crippen LogP contribution is 2.09. The highest BCUT2D eigenvalue weighted by Gasteiger charge is 2.07. The van der Waals surface area contributed by atoms with Crippen molar-refractivity contribution >= 4 is 12.0 Å². The molecule has 0 bridgehead atoms. The quantitative estimate of drug-likeness (QED) is 0.424. The van der Waals surface area contributed by atoms with Crippen LogP contribution in [0.3, 0.4) is 0 Å². The Kier molecular flexibility index (Phi) is 3.83. The molecule has 0 saturated heterocycles. The Morgan fingerprint density at radius 3 is 2.38 bits per heavy atom. The van der Waals surface area contributed by atoms with Crippen LogP contribution in [0.4, 0.5) is 0 Å². The molecule has 0 aromatic heterocycles. The molecule has 4 heteroatoms. The van der Waals surface area contributed by atoms with Crippen LogP contribution in [0.2, 0.25) is 0 Å². The van der Waals surface area contributed by atoms with E-state index >= 15 is 0 Å². The number of nitrogens with zero attached hydrogens (tertiary/aromatic N) is 2. The molecule has 1 aromatic carbocycles. The topological polar surface area (TPSA) is 73.9 Å². The zero-order valence-corrected chi connectivity index (χ0v) is 8.60. The number of hydrogen-bond donors (Lipinski definition) is 0. The van der Waals surface area contributed by atoms with Gasteiger partial charge in [0.15, 0.2) is 0 Å². The molecule has 1 aromatic rings. The van der Waals surface area contributed by atoms with E-state index in [1.54, 1.807) is 30.3 Å². The van der Waals surface area contributed by atoms with Gasteiger partial charge in [-0.05, 0) is 23.8 Å². The van der Waals surface area contributed by atoms with Crippen molar-refractivity contribution in [2.75, 3.05) is 7.11 Å². The van der Waals surface area contributed by atoms with Crippen molar-refractivity contribution in [3.63, 3.8) is 0 Å². The second kappa shape index (κ2) is 5.33. The van der Waals surface area contributed by atoms with Gasteiger partial charge in [-0.3, -0.25) is 0 Å². The monoisotopic (exact) mass is 212 g/mol. The predicted molar refractivity (Wildman–Crippen MR) is 56.8 cm³/mol. The third-order valence-corrected chi connectivity index (χ3v) is 1.88. The van der Waals surface area contributed by atoms with Crippen LogP contribution in [0.15, 0.2) is 29.8 Å². The maximum Gasteiger partial charge on any atom is 0.348 e. The molecule has 0 radical (unpaired) electrons. The standard InChI is InChI=1S/C12H8N2O2/c1-16-12(15)11(8-14)6-9-2-4-10(7-13)5-3-9/h2-6H,1H3/b11-6+. The van der Waals surface area contributed by atoms with Crippen molar-refractivity contribution in [1.82, 2.24) is 0 Å². The van der Waals surface area contributed by atoms with Gasteiger partial charge in [0.25, 0.3) is 0 Å². The molecule has 0 aliphatic rings. The summed E-state index contributed by atoms with van der Waals surface area (Å²) in [6.07, 6.45) is 1.41. The summed E-state index contributed by atoms with van der Waals surface area (Å²) in [7, 11) is 1.21. The summed E-state index contributed by atoms with van der Waals surface area (Å²) < 4.78 is 4.44. The molecule has 1 rings (SSSR count). The maximum absolute atomic E-state index is 11.1. The van der Waals surface area contributed by atoms with E-state index in [9.17, 15) is 4.79 Å². The minimum absolute atomic E-state index is 0.0767. The molecule has 4 nitrogen and oxygen atoms in total. The van der Waals surface area contributed by atoms with Crippen molar-refractivity contribution < 1.29 is 9.53 Å². The zero-order chi connectivity index (χ0) is 12.0. The van der Waals surface area contributed by atoms with E-state index < -0.39 is 5.97 Å². The highest BCUT2D eigenvalue weighted by molar-refractivity contribution is 5.97. The van der Waals surface area contributed by atoms with E-state index in [1.165, 1.54) is 13.2 Å². The van der Waals surface area contributed by atoms with E-state index in [0.29, 0.717) is 11.1 Å². The Labute approximate surface area is 93.0 Å². The Morgan fingerprint density at radius 2 is 1.94 bits per heavy atom. The van der Waals surface area contributed by atoms with E-state index in [0.717, 1.165) is 0 Å². The average molecular weight is 212 g/mol. The maximum atomic E-state index is 11.1. The molecule has 0 aliphatic heterocycles. The summed E-state index contributed by atoms with van der Waals surface area (Å²) in [5.41, 5.74) is 1.11. The fourth-order valence-corrected chi connectivity index (χ4v) is 1.07. The molecule has 0 N–H and O–H groups in total. The first-order valence-corrected chi connectivity index (χ1v) is 4.41. The second-order valence-electron chi connectivity index (χ2n) is 2.90. The molecule has 0 heterocycles. The van der Waals surface area contributed by atoms with Crippen molar-refractivity contribution in [2.24, 2.45) is 0 Å². The van der Waals surface area contributed by atoms with Gasteiger partial charge in [0.2, 0.25) is 0 Å². The first-order valence-electron chi connectivity index (χ1n) is 4.41. The van der Waals surface area contributed by atoms with Crippen molar-refractivity contribution in [3.8, 4) is 12.1 Å². The predicted octanol–water partition coefficient (Wildman–Crippen LogP) is 1.64. The summed E-state index contributed by atoms with van der Waals surface area (Å²) >= 11 is 0. The summed E-state index contributed by atoms with van der Waals surface area (Å²) in [5, 5.41) is 17.3. The van der Waals surface area contributed by atoms with Crippen LogP contribution in [0.5, 0.6) is 0 Å². The van der Waals surface area contributed by atoms with Gasteiger partial charge < -0.3 is 4.74 Å². The number of carbonyl (C=O) groups is 1. The van der Waals surface area contributed by atoms with E-state index in [-0.39, 0.29) is 5.57 Å². The van der Waals surface area contributed by atoms with Gasteiger partial charge in [0.05, 0.1) is 18.7 Å². The van der Waals surface area contributed by atoms with Crippen molar-refractivity contribution in [1.29, 1.82) is 10.5 Å². The largest absolute Gasteiger partial charge is 0.465 e. The van der Waals surface area contributed by atoms with Gasteiger partial charge in [-0.1, -0.05) is 12.1 Å². The lowest BCUT2D eigenvalue weighted by Crippen LogP contribution is -2.02. The lowest BCUT2D eigenvalue weighted by atomic mass is 10.1. The van der Waals surface area contributed by atoms with Gasteiger partial charge >= 0.3 is 5.97 Å². The third-order valence-electron chi connectivity index (χ3n) is 1.88. The number of nitriles is 2. The van der Waals surface area contributed by atoms with Crippen molar-refractivity contribution in [3.05, 3.63) is 41.0 Å². The van der Waals surface area contributed by atoms with Crippen LogP contribution in [0.1, 0.15) is 11.1 Å². The van der Waals surface area contributed by atoms with Gasteiger partial charge in [-0.2, -0.15) is 10.5 Å². The highest BCUT2D eigenvalue weighted by atomic mass is 16.5. The van der Waals surface area contributed by atoms with Gasteiger partial charge in [-0.15, -0.1) is 0 Å². The number of rotatable bonds is 2. The average Bonchev–Trinajstić information content (AvgIpc) is 2.35. The summed E-state index contributed by atoms with van der Waals surface area (Å²) in [4.78, 5) is 11.1. The third kappa shape index (κ3) is 2.70. The molecule has 0 spiro atoms. The Morgan fingerprint density at radius 1 is 1.31 bits per heavy atom. The van der Waals surface area contributed by atoms with Crippen LogP contribution < -0.4 is 0 Å². The molecule has 0 aliphatic carbocycles. The minimum Gasteiger partial charge on any atom is -0.465 e. The molecule has 0 unspecified atom stereocenters. The summed E-state index contributed by atoms with van der Waals surface area (Å²) in [5.74, 6) is -0.674. The number of carbonyl (C=O) groups excluding carboxylic acids is 1. The Hall–Kier alpha value is -2.59. The fraction of sp³-hybridized carbons (Fsp3) is 0.0833. The van der Waals surface area contributed by atoms with E-state index in [2.05, 4.69) is 4.74 Å². The zero-order valence-electron chi connectivity index (χ0n) is 8.60. The fourth-order valence-electron chi connectivity index (χ4n) is 1.07. The lowest BCUT2D eigenvalue weighted by Gasteiger charge is -1.97. The number of benzene rings is 1. The van der Waals surface area contributed by atoms with Crippen LogP contribution >= 0.6 is 0 Å². The van der Waals surface area contributed by atoms with Gasteiger partial charge in [-0.25, -0.2) is 4.79 Å². The van der Waals surface area contributed by atoms with Gasteiger partial charge in [0, 0.05) is 0 Å². The van der Waals surface area contributed by atoms with Crippen molar-refractivity contribution in [2.45, 2.75) is 0 Å². The molecule has 0 saturated carbocycles. The molecule has 0 amide bonds. The Bertz CT molecular complexity index is 501. The molecule has 16 heavy (non-hydrogen) atoms. The number of ether oxygens (including phenoxy) is 1. The molecular weight excluding hydrogens is 204 g/mol. The normalized spacial score (nSPS) is 10.1. The molecule has 78 valence electrons. The van der Waals surface area contributed by atoms with E-state index in [1.807, 2.05) is 6.07 Å². The minimum atomic E-state index is -0.674. The van der Waals surface area contributed by atoms with Crippen LogP contribution in [0, 0.1) is 22.7 Å². The molecule has 0 fully saturated rings. The summed E-state index contributed by atoms with van der Waals surface area (Å²) in [6, 6.07) is 10.3. The number of hydrogen-bond acceptors (Lipinski definition) is 4. The van der Waals surface area contributed by atoms with E-state index in [4.69, 9.17) is 10.5 Å². The lowest BCUT2D eigenvalue weighted by molar-refractivity contribution is -0.135. The SMILES string of the molecule is COC(=O)/C(C#N)=C/c1ccc(C#N)cc1. The van der Waals surface area contributed by atoms with Crippen LogP contribution in [-0.2, 0) is 9.53 Å². The first-order chi connectivity index (χ1) is 7.71. The molecular formula is C12H8N2O2. The smallest absolute Gasteiger partial charge is 0.348 e. The van der Waals surface area contributed by atoms with Crippen LogP contribution in [-0.4, -0.2) is 13.1 Å². The Balaban J connectivity index is 3.02.